The van der Waals surface area contributed by atoms with Crippen LogP contribution in [0.3, 0.4) is 0 Å². The van der Waals surface area contributed by atoms with E-state index in [9.17, 15) is 0 Å². The molecule has 0 nitrogen and oxygen atoms in total. The summed E-state index contributed by atoms with van der Waals surface area (Å²) in [6.07, 6.45) is 4.92. The van der Waals surface area contributed by atoms with Gasteiger partial charge in [0.2, 0.25) is 0 Å². The lowest BCUT2D eigenvalue weighted by Gasteiger charge is -2.32. The zero-order valence-electron chi connectivity index (χ0n) is 30.9. The van der Waals surface area contributed by atoms with Crippen LogP contribution in [0.5, 0.6) is 0 Å². The number of benzene rings is 4. The van der Waals surface area contributed by atoms with Gasteiger partial charge in [0.25, 0.3) is 0 Å². The molecule has 0 aliphatic heterocycles. The summed E-state index contributed by atoms with van der Waals surface area (Å²) in [7, 11) is -2.24. The van der Waals surface area contributed by atoms with E-state index in [2.05, 4.69) is 168 Å². The fraction of sp³-hybridized carbons (Fsp3) is 0.348. The molecule has 47 heavy (non-hydrogen) atoms. The minimum atomic E-state index is -2.24. The minimum Gasteiger partial charge on any atom is -0.0646 e. The number of hydrogen-bond donors (Lipinski definition) is 0. The maximum absolute atomic E-state index is 2.61. The van der Waals surface area contributed by atoms with Crippen LogP contribution in [0.4, 0.5) is 0 Å². The third-order valence-electron chi connectivity index (χ3n) is 10.7. The fourth-order valence-electron chi connectivity index (χ4n) is 8.16. The van der Waals surface area contributed by atoms with E-state index in [-0.39, 0.29) is 0 Å². The molecule has 0 fully saturated rings. The Kier molecular flexibility index (Phi) is 8.94. The van der Waals surface area contributed by atoms with Gasteiger partial charge in [-0.05, 0) is 115 Å². The average molecular weight is 635 g/mol. The van der Waals surface area contributed by atoms with Crippen molar-refractivity contribution in [3.8, 4) is 22.3 Å². The van der Waals surface area contributed by atoms with Crippen LogP contribution in [0.1, 0.15) is 137 Å². The van der Waals surface area contributed by atoms with Gasteiger partial charge in [-0.25, -0.2) is 0 Å². The average Bonchev–Trinajstić information content (AvgIpc) is 3.56. The third kappa shape index (κ3) is 5.95. The number of allylic oxidation sites excluding steroid dienone is 2. The lowest BCUT2D eigenvalue weighted by atomic mass is 9.89. The van der Waals surface area contributed by atoms with E-state index in [4.69, 9.17) is 0 Å². The predicted octanol–water partition coefficient (Wildman–Crippen LogP) is 13.7. The second-order valence-electron chi connectivity index (χ2n) is 16.0. The van der Waals surface area contributed by atoms with E-state index in [0.717, 1.165) is 0 Å². The van der Waals surface area contributed by atoms with E-state index in [0.29, 0.717) is 23.7 Å². The van der Waals surface area contributed by atoms with Gasteiger partial charge in [-0.15, -0.1) is 0 Å². The summed E-state index contributed by atoms with van der Waals surface area (Å²) >= 11 is 0. The number of rotatable bonds is 8. The summed E-state index contributed by atoms with van der Waals surface area (Å²) in [6.45, 7) is 28.5. The van der Waals surface area contributed by atoms with Gasteiger partial charge < -0.3 is 0 Å². The maximum Gasteiger partial charge on any atom is 0.113 e. The molecule has 0 bridgehead atoms. The second-order valence-corrected chi connectivity index (χ2v) is 20.2. The van der Waals surface area contributed by atoms with E-state index >= 15 is 0 Å². The third-order valence-corrected chi connectivity index (χ3v) is 14.5. The van der Waals surface area contributed by atoms with Crippen molar-refractivity contribution in [1.29, 1.82) is 0 Å². The van der Waals surface area contributed by atoms with Crippen LogP contribution < -0.4 is 0 Å². The lowest BCUT2D eigenvalue weighted by Crippen LogP contribution is -2.31. The largest absolute Gasteiger partial charge is 0.113 e. The molecule has 0 N–H and O–H groups in total. The monoisotopic (exact) mass is 634 g/mol. The van der Waals surface area contributed by atoms with Crippen molar-refractivity contribution in [3.05, 3.63) is 141 Å². The zero-order chi connectivity index (χ0) is 33.9. The van der Waals surface area contributed by atoms with Gasteiger partial charge in [-0.3, -0.25) is 0 Å². The molecule has 0 aromatic heterocycles. The highest BCUT2D eigenvalue weighted by Gasteiger charge is 2.42. The molecule has 0 saturated heterocycles. The van der Waals surface area contributed by atoms with Gasteiger partial charge in [0.1, 0.15) is 8.07 Å². The summed E-state index contributed by atoms with van der Waals surface area (Å²) < 4.78 is 0. The second kappa shape index (κ2) is 12.6. The molecule has 0 spiro atoms. The predicted molar refractivity (Wildman–Crippen MR) is 210 cm³/mol. The molecule has 4 aromatic carbocycles. The quantitative estimate of drug-likeness (QED) is 0.169. The first-order chi connectivity index (χ1) is 22.2. The van der Waals surface area contributed by atoms with Gasteiger partial charge in [0.15, 0.2) is 0 Å². The standard InChI is InChI=1S/C46H54Si/c1-27(2)35-21-36(28(3)4)24-39(23-35)41-17-13-15-33-19-31(9)45(43(33)41)47(11,12)46-32(10)20-34-16-14-18-42(44(34)46)40-25-37(29(5)6)22-38(26-40)30(7)8/h13-30H,1-12H3. The SMILES string of the molecule is CC1=C([Si](C)(C)C2=C(C)[CH]c3cccc(-c4cc(C(C)C)cc(C(C)C)c4)c32)c2c(cccc2-c2cc(C(C)C)cc(C(C)C)c2)[CH]1. The van der Waals surface area contributed by atoms with Gasteiger partial charge in [-0.1, -0.05) is 152 Å². The Morgan fingerprint density at radius 3 is 1.06 bits per heavy atom. The van der Waals surface area contributed by atoms with Crippen molar-refractivity contribution >= 4 is 18.5 Å². The van der Waals surface area contributed by atoms with Crippen LogP contribution in [-0.2, 0) is 0 Å². The Balaban J connectivity index is 1.55. The maximum atomic E-state index is 2.61. The molecule has 242 valence electrons. The Bertz CT molecular complexity index is 1730. The first-order valence-corrected chi connectivity index (χ1v) is 20.9. The van der Waals surface area contributed by atoms with Gasteiger partial charge in [0.05, 0.1) is 0 Å². The molecule has 0 unspecified atom stereocenters. The Morgan fingerprint density at radius 1 is 0.447 bits per heavy atom. The van der Waals surface area contributed by atoms with Crippen LogP contribution in [-0.4, -0.2) is 8.07 Å². The highest BCUT2D eigenvalue weighted by atomic mass is 28.3. The van der Waals surface area contributed by atoms with Crippen molar-refractivity contribution in [1.82, 2.24) is 0 Å². The van der Waals surface area contributed by atoms with Gasteiger partial charge in [0, 0.05) is 12.8 Å². The number of fused-ring (bicyclic) bond motifs is 2. The molecule has 6 rings (SSSR count). The molecular formula is C46H54Si. The van der Waals surface area contributed by atoms with E-state index in [1.165, 1.54) is 77.9 Å². The van der Waals surface area contributed by atoms with Crippen molar-refractivity contribution in [2.45, 2.75) is 106 Å². The highest BCUT2D eigenvalue weighted by molar-refractivity contribution is 7.09. The molecule has 2 aliphatic rings. The number of hydrogen-bond acceptors (Lipinski definition) is 0. The van der Waals surface area contributed by atoms with Crippen LogP contribution in [0, 0.1) is 12.8 Å². The summed E-state index contributed by atoms with van der Waals surface area (Å²) in [5.41, 5.74) is 19.7. The molecule has 0 heterocycles. The Hall–Kier alpha value is -3.42. The van der Waals surface area contributed by atoms with E-state index in [1.807, 2.05) is 0 Å². The molecule has 0 atom stereocenters. The van der Waals surface area contributed by atoms with Crippen molar-refractivity contribution in [2.75, 3.05) is 0 Å². The molecule has 0 saturated carbocycles. The van der Waals surface area contributed by atoms with Crippen LogP contribution in [0.25, 0.3) is 32.6 Å². The lowest BCUT2D eigenvalue weighted by molar-refractivity contribution is 0.834. The zero-order valence-corrected chi connectivity index (χ0v) is 31.9. The summed E-state index contributed by atoms with van der Waals surface area (Å²) in [4.78, 5) is 0. The topological polar surface area (TPSA) is 0 Å². The minimum absolute atomic E-state index is 0.487. The normalized spacial score (nSPS) is 14.8. The van der Waals surface area contributed by atoms with Crippen molar-refractivity contribution in [3.63, 3.8) is 0 Å². The van der Waals surface area contributed by atoms with Gasteiger partial charge >= 0.3 is 0 Å². The van der Waals surface area contributed by atoms with Crippen LogP contribution >= 0.6 is 0 Å². The summed E-state index contributed by atoms with van der Waals surface area (Å²) in [5, 5.41) is 3.18. The molecule has 4 aromatic rings. The first kappa shape index (κ1) is 33.5. The summed E-state index contributed by atoms with van der Waals surface area (Å²) in [6, 6.07) is 28.7. The summed E-state index contributed by atoms with van der Waals surface area (Å²) in [5.74, 6) is 1.95. The van der Waals surface area contributed by atoms with E-state index < -0.39 is 8.07 Å². The molecule has 1 heteroatoms. The smallest absolute Gasteiger partial charge is 0.0646 e. The van der Waals surface area contributed by atoms with Crippen molar-refractivity contribution in [2.24, 2.45) is 0 Å². The Morgan fingerprint density at radius 2 is 0.766 bits per heavy atom. The Labute approximate surface area is 287 Å². The van der Waals surface area contributed by atoms with Crippen molar-refractivity contribution < 1.29 is 0 Å². The van der Waals surface area contributed by atoms with Crippen LogP contribution in [0.2, 0.25) is 13.1 Å². The first-order valence-electron chi connectivity index (χ1n) is 17.9. The molecule has 2 aliphatic carbocycles. The van der Waals surface area contributed by atoms with E-state index in [1.54, 1.807) is 10.4 Å². The van der Waals surface area contributed by atoms with Gasteiger partial charge in [-0.2, -0.15) is 0 Å². The molecular weight excluding hydrogens is 581 g/mol. The molecule has 0 amide bonds. The fourth-order valence-corrected chi connectivity index (χ4v) is 12.3. The highest BCUT2D eigenvalue weighted by Crippen LogP contribution is 2.53. The van der Waals surface area contributed by atoms with Crippen LogP contribution in [0.15, 0.2) is 83.9 Å². The molecule has 2 radical (unpaired) electrons.